The summed E-state index contributed by atoms with van der Waals surface area (Å²) in [5.41, 5.74) is 1.15. The van der Waals surface area contributed by atoms with Crippen molar-refractivity contribution in [1.29, 1.82) is 0 Å². The van der Waals surface area contributed by atoms with Crippen LogP contribution < -0.4 is 5.56 Å². The van der Waals surface area contributed by atoms with E-state index in [1.165, 1.54) is 18.3 Å². The van der Waals surface area contributed by atoms with Gasteiger partial charge >= 0.3 is 5.97 Å². The van der Waals surface area contributed by atoms with Crippen molar-refractivity contribution in [2.75, 3.05) is 0 Å². The van der Waals surface area contributed by atoms with Gasteiger partial charge in [-0.05, 0) is 30.3 Å². The number of carboxylic acids is 1. The first-order valence-corrected chi connectivity index (χ1v) is 7.50. The highest BCUT2D eigenvalue weighted by molar-refractivity contribution is 5.88. The van der Waals surface area contributed by atoms with E-state index in [9.17, 15) is 9.59 Å². The molecule has 25 heavy (non-hydrogen) atoms. The molecule has 0 aliphatic heterocycles. The average Bonchev–Trinajstić information content (AvgIpc) is 3.08. The Hall–Kier alpha value is -3.74. The third kappa shape index (κ3) is 2.57. The number of rotatable bonds is 3. The molecule has 0 saturated carbocycles. The van der Waals surface area contributed by atoms with E-state index in [0.29, 0.717) is 11.1 Å². The Balaban J connectivity index is 1.87. The van der Waals surface area contributed by atoms with Crippen LogP contribution in [-0.2, 0) is 0 Å². The molecule has 0 aliphatic carbocycles. The second-order valence-electron chi connectivity index (χ2n) is 5.43. The highest BCUT2D eigenvalue weighted by atomic mass is 16.4. The van der Waals surface area contributed by atoms with Crippen molar-refractivity contribution >= 4 is 16.9 Å². The minimum Gasteiger partial charge on any atom is -0.478 e. The molecule has 0 aliphatic rings. The summed E-state index contributed by atoms with van der Waals surface area (Å²) in [5.74, 6) is -1.07. The number of aromatic nitrogens is 4. The quantitative estimate of drug-likeness (QED) is 0.621. The van der Waals surface area contributed by atoms with Crippen LogP contribution in [-0.4, -0.2) is 30.6 Å². The smallest absolute Gasteiger partial charge is 0.335 e. The van der Waals surface area contributed by atoms with Crippen molar-refractivity contribution in [1.82, 2.24) is 19.6 Å². The fraction of sp³-hybridized carbons (Fsp3) is 0. The van der Waals surface area contributed by atoms with Crippen molar-refractivity contribution in [3.63, 3.8) is 0 Å². The molecule has 0 amide bonds. The Morgan fingerprint density at radius 2 is 1.76 bits per heavy atom. The zero-order valence-corrected chi connectivity index (χ0v) is 12.9. The van der Waals surface area contributed by atoms with Gasteiger partial charge in [-0.25, -0.2) is 9.48 Å². The molecule has 2 aromatic heterocycles. The molecule has 4 rings (SSSR count). The third-order valence-electron chi connectivity index (χ3n) is 3.81. The Bertz CT molecular complexity index is 1150. The molecular formula is C18H12N4O3. The van der Waals surface area contributed by atoms with Crippen LogP contribution in [0.3, 0.4) is 0 Å². The van der Waals surface area contributed by atoms with Crippen LogP contribution in [0.2, 0.25) is 0 Å². The molecular weight excluding hydrogens is 320 g/mol. The van der Waals surface area contributed by atoms with Gasteiger partial charge in [-0.1, -0.05) is 24.3 Å². The number of para-hydroxylation sites is 1. The number of fused-ring (bicyclic) bond motifs is 1. The molecule has 0 unspecified atom stereocenters. The zero-order valence-electron chi connectivity index (χ0n) is 12.9. The van der Waals surface area contributed by atoms with Gasteiger partial charge in [-0.15, -0.1) is 0 Å². The van der Waals surface area contributed by atoms with E-state index in [1.807, 2.05) is 30.3 Å². The number of hydrogen-bond acceptors (Lipinski definition) is 4. The van der Waals surface area contributed by atoms with Crippen molar-refractivity contribution < 1.29 is 9.90 Å². The number of carboxylic acid groups (broad SMARTS) is 1. The number of nitrogens with zero attached hydrogens (tertiary/aromatic N) is 4. The van der Waals surface area contributed by atoms with Gasteiger partial charge in [0.25, 0.3) is 5.56 Å². The third-order valence-corrected chi connectivity index (χ3v) is 3.81. The molecule has 7 heteroatoms. The van der Waals surface area contributed by atoms with Crippen LogP contribution >= 0.6 is 0 Å². The lowest BCUT2D eigenvalue weighted by molar-refractivity contribution is 0.0697. The van der Waals surface area contributed by atoms with Crippen LogP contribution in [0.1, 0.15) is 10.4 Å². The van der Waals surface area contributed by atoms with Gasteiger partial charge in [0.05, 0.1) is 23.1 Å². The Labute approximate surface area is 141 Å². The standard InChI is InChI=1S/C18H12N4O3/c23-17-16-13(11-21(20-16)14-6-2-1-3-7-14)10-19-22(17)15-8-4-5-12(9-15)18(24)25/h1-11H,(H,24,25). The number of benzene rings is 2. The van der Waals surface area contributed by atoms with Gasteiger partial charge < -0.3 is 5.11 Å². The largest absolute Gasteiger partial charge is 0.478 e. The van der Waals surface area contributed by atoms with Gasteiger partial charge in [0.15, 0.2) is 5.52 Å². The number of carbonyl (C=O) groups is 1. The van der Waals surface area contributed by atoms with Gasteiger partial charge in [0.2, 0.25) is 0 Å². The molecule has 4 aromatic rings. The summed E-state index contributed by atoms with van der Waals surface area (Å²) in [6.07, 6.45) is 3.27. The highest BCUT2D eigenvalue weighted by Gasteiger charge is 2.12. The lowest BCUT2D eigenvalue weighted by Crippen LogP contribution is -2.21. The molecule has 0 fully saturated rings. The van der Waals surface area contributed by atoms with E-state index in [4.69, 9.17) is 5.11 Å². The van der Waals surface area contributed by atoms with Gasteiger partial charge in [0.1, 0.15) is 0 Å². The topological polar surface area (TPSA) is 90.0 Å². The van der Waals surface area contributed by atoms with Crippen LogP contribution in [0, 0.1) is 0 Å². The molecule has 0 atom stereocenters. The molecule has 0 spiro atoms. The summed E-state index contributed by atoms with van der Waals surface area (Å²) in [6.45, 7) is 0. The van der Waals surface area contributed by atoms with Crippen molar-refractivity contribution in [3.05, 3.63) is 82.9 Å². The summed E-state index contributed by atoms with van der Waals surface area (Å²) in [7, 11) is 0. The molecule has 0 radical (unpaired) electrons. The molecule has 2 aromatic carbocycles. The normalized spacial score (nSPS) is 10.9. The second kappa shape index (κ2) is 5.72. The molecule has 7 nitrogen and oxygen atoms in total. The highest BCUT2D eigenvalue weighted by Crippen LogP contribution is 2.14. The lowest BCUT2D eigenvalue weighted by atomic mass is 10.2. The molecule has 0 saturated heterocycles. The minimum atomic E-state index is -1.07. The maximum atomic E-state index is 12.7. The maximum Gasteiger partial charge on any atom is 0.335 e. The van der Waals surface area contributed by atoms with Crippen LogP contribution in [0.4, 0.5) is 0 Å². The number of aromatic carboxylic acids is 1. The fourth-order valence-electron chi connectivity index (χ4n) is 2.59. The summed E-state index contributed by atoms with van der Waals surface area (Å²) < 4.78 is 2.77. The molecule has 2 heterocycles. The summed E-state index contributed by atoms with van der Waals surface area (Å²) in [6, 6.07) is 15.5. The number of hydrogen-bond donors (Lipinski definition) is 1. The lowest BCUT2D eigenvalue weighted by Gasteiger charge is -2.04. The van der Waals surface area contributed by atoms with Crippen molar-refractivity contribution in [2.45, 2.75) is 0 Å². The van der Waals surface area contributed by atoms with Gasteiger partial charge in [0, 0.05) is 11.6 Å². The maximum absolute atomic E-state index is 12.7. The predicted octanol–water partition coefficient (Wildman–Crippen LogP) is 2.27. The van der Waals surface area contributed by atoms with E-state index in [0.717, 1.165) is 10.4 Å². The molecule has 122 valence electrons. The van der Waals surface area contributed by atoms with Crippen LogP contribution in [0.5, 0.6) is 0 Å². The monoisotopic (exact) mass is 332 g/mol. The van der Waals surface area contributed by atoms with Crippen LogP contribution in [0.25, 0.3) is 22.3 Å². The van der Waals surface area contributed by atoms with Crippen molar-refractivity contribution in [2.24, 2.45) is 0 Å². The van der Waals surface area contributed by atoms with Gasteiger partial charge in [-0.2, -0.15) is 14.9 Å². The van der Waals surface area contributed by atoms with E-state index in [1.54, 1.807) is 23.0 Å². The molecule has 1 N–H and O–H groups in total. The first kappa shape index (κ1) is 14.8. The Morgan fingerprint density at radius 3 is 2.52 bits per heavy atom. The summed E-state index contributed by atoms with van der Waals surface area (Å²) in [4.78, 5) is 23.9. The van der Waals surface area contributed by atoms with Gasteiger partial charge in [-0.3, -0.25) is 4.79 Å². The Morgan fingerprint density at radius 1 is 1.00 bits per heavy atom. The predicted molar refractivity (Wildman–Crippen MR) is 91.4 cm³/mol. The SMILES string of the molecule is O=C(O)c1cccc(-n2ncc3cn(-c4ccccc4)nc3c2=O)c1. The van der Waals surface area contributed by atoms with E-state index >= 15 is 0 Å². The average molecular weight is 332 g/mol. The minimum absolute atomic E-state index is 0.0844. The van der Waals surface area contributed by atoms with E-state index in [-0.39, 0.29) is 11.1 Å². The zero-order chi connectivity index (χ0) is 17.4. The second-order valence-corrected chi connectivity index (χ2v) is 5.43. The summed E-state index contributed by atoms with van der Waals surface area (Å²) in [5, 5.41) is 18.2. The first-order valence-electron chi connectivity index (χ1n) is 7.50. The molecule has 0 bridgehead atoms. The van der Waals surface area contributed by atoms with E-state index < -0.39 is 11.5 Å². The fourth-order valence-corrected chi connectivity index (χ4v) is 2.59. The van der Waals surface area contributed by atoms with Crippen LogP contribution in [0.15, 0.2) is 71.8 Å². The summed E-state index contributed by atoms with van der Waals surface area (Å²) >= 11 is 0. The van der Waals surface area contributed by atoms with E-state index in [2.05, 4.69) is 10.2 Å². The Kier molecular flexibility index (Phi) is 3.39. The van der Waals surface area contributed by atoms with Crippen molar-refractivity contribution in [3.8, 4) is 11.4 Å². The first-order chi connectivity index (χ1) is 12.1.